The Kier molecular flexibility index (Phi) is 6.75. The first-order chi connectivity index (χ1) is 12.5. The third-order valence-electron chi connectivity index (χ3n) is 3.74. The van der Waals surface area contributed by atoms with Crippen LogP contribution in [0.1, 0.15) is 42.1 Å². The van der Waals surface area contributed by atoms with E-state index in [1.54, 1.807) is 6.07 Å². The molecular weight excluding hydrogens is 350 g/mol. The van der Waals surface area contributed by atoms with Crippen LogP contribution >= 0.6 is 0 Å². The van der Waals surface area contributed by atoms with Crippen molar-refractivity contribution in [2.24, 2.45) is 0 Å². The number of amides is 1. The fourth-order valence-corrected chi connectivity index (χ4v) is 3.41. The van der Waals surface area contributed by atoms with Crippen LogP contribution in [0.25, 0.3) is 0 Å². The maximum atomic E-state index is 12.5. The van der Waals surface area contributed by atoms with E-state index in [2.05, 4.69) is 17.0 Å². The molecule has 0 aromatic heterocycles. The Morgan fingerprint density at radius 1 is 1.12 bits per heavy atom. The Hall–Kier alpha value is -2.85. The van der Waals surface area contributed by atoms with E-state index >= 15 is 0 Å². The van der Waals surface area contributed by atoms with Crippen molar-refractivity contribution >= 4 is 21.6 Å². The molecule has 2 N–H and O–H groups in total. The highest BCUT2D eigenvalue weighted by Crippen LogP contribution is 2.17. The highest BCUT2D eigenvalue weighted by atomic mass is 32.2. The van der Waals surface area contributed by atoms with E-state index in [9.17, 15) is 13.2 Å². The number of rotatable bonds is 8. The first kappa shape index (κ1) is 19.5. The molecule has 0 radical (unpaired) electrons. The van der Waals surface area contributed by atoms with Crippen LogP contribution in [-0.4, -0.2) is 20.9 Å². The SMILES string of the molecule is CCCCCNC(=O)c1cccc(S(=O)(=O)Nc2ccc(C#N)cc2)c1. The Labute approximate surface area is 153 Å². The summed E-state index contributed by atoms with van der Waals surface area (Å²) in [5.41, 5.74) is 1.08. The van der Waals surface area contributed by atoms with Crippen molar-refractivity contribution in [2.45, 2.75) is 31.1 Å². The molecule has 0 bridgehead atoms. The van der Waals surface area contributed by atoms with Crippen molar-refractivity contribution in [3.8, 4) is 6.07 Å². The van der Waals surface area contributed by atoms with Crippen LogP contribution in [0.4, 0.5) is 5.69 Å². The number of anilines is 1. The summed E-state index contributed by atoms with van der Waals surface area (Å²) in [4.78, 5) is 12.2. The molecule has 0 atom stereocenters. The monoisotopic (exact) mass is 371 g/mol. The van der Waals surface area contributed by atoms with Gasteiger partial charge in [-0.15, -0.1) is 0 Å². The van der Waals surface area contributed by atoms with Gasteiger partial charge in [0.2, 0.25) is 0 Å². The summed E-state index contributed by atoms with van der Waals surface area (Å²) in [7, 11) is -3.83. The van der Waals surface area contributed by atoms with Gasteiger partial charge in [-0.05, 0) is 48.9 Å². The topological polar surface area (TPSA) is 99.1 Å². The second-order valence-corrected chi connectivity index (χ2v) is 7.47. The number of carbonyl (C=O) groups is 1. The summed E-state index contributed by atoms with van der Waals surface area (Å²) in [5.74, 6) is -0.295. The summed E-state index contributed by atoms with van der Waals surface area (Å²) < 4.78 is 27.5. The Morgan fingerprint density at radius 2 is 1.85 bits per heavy atom. The van der Waals surface area contributed by atoms with Gasteiger partial charge in [0.1, 0.15) is 0 Å². The number of benzene rings is 2. The minimum atomic E-state index is -3.83. The molecule has 2 aromatic rings. The van der Waals surface area contributed by atoms with E-state index in [0.29, 0.717) is 23.4 Å². The maximum absolute atomic E-state index is 12.5. The van der Waals surface area contributed by atoms with Gasteiger partial charge in [-0.2, -0.15) is 5.26 Å². The molecule has 0 spiro atoms. The first-order valence-corrected chi connectivity index (χ1v) is 9.86. The Balaban J connectivity index is 2.11. The number of nitrogens with one attached hydrogen (secondary N) is 2. The average Bonchev–Trinajstić information content (AvgIpc) is 2.65. The van der Waals surface area contributed by atoms with Crippen LogP contribution in [0.15, 0.2) is 53.4 Å². The molecule has 136 valence electrons. The molecule has 0 saturated heterocycles. The quantitative estimate of drug-likeness (QED) is 0.696. The van der Waals surface area contributed by atoms with Crippen LogP contribution in [0.3, 0.4) is 0 Å². The summed E-state index contributed by atoms with van der Waals surface area (Å²) in [6, 6.07) is 13.9. The molecule has 2 rings (SSSR count). The third-order valence-corrected chi connectivity index (χ3v) is 5.12. The van der Waals surface area contributed by atoms with Crippen molar-refractivity contribution in [2.75, 3.05) is 11.3 Å². The standard InChI is InChI=1S/C19H21N3O3S/c1-2-3-4-12-21-19(23)16-6-5-7-18(13-16)26(24,25)22-17-10-8-15(14-20)9-11-17/h5-11,13,22H,2-4,12H2,1H3,(H,21,23). The average molecular weight is 371 g/mol. The Morgan fingerprint density at radius 3 is 2.50 bits per heavy atom. The zero-order valence-corrected chi connectivity index (χ0v) is 15.3. The zero-order valence-electron chi connectivity index (χ0n) is 14.5. The number of unbranched alkanes of at least 4 members (excludes halogenated alkanes) is 2. The molecular formula is C19H21N3O3S. The van der Waals surface area contributed by atoms with E-state index in [4.69, 9.17) is 5.26 Å². The molecule has 0 aliphatic carbocycles. The second-order valence-electron chi connectivity index (χ2n) is 5.79. The minimum Gasteiger partial charge on any atom is -0.352 e. The van der Waals surface area contributed by atoms with Gasteiger partial charge in [0, 0.05) is 17.8 Å². The van der Waals surface area contributed by atoms with Crippen molar-refractivity contribution in [1.29, 1.82) is 5.26 Å². The predicted octanol–water partition coefficient (Wildman–Crippen LogP) is 3.28. The molecule has 1 amide bonds. The van der Waals surface area contributed by atoms with Gasteiger partial charge < -0.3 is 5.32 Å². The maximum Gasteiger partial charge on any atom is 0.261 e. The highest BCUT2D eigenvalue weighted by molar-refractivity contribution is 7.92. The lowest BCUT2D eigenvalue weighted by Gasteiger charge is -2.10. The van der Waals surface area contributed by atoms with E-state index in [-0.39, 0.29) is 10.8 Å². The number of sulfonamides is 1. The smallest absolute Gasteiger partial charge is 0.261 e. The number of nitrogens with zero attached hydrogens (tertiary/aromatic N) is 1. The van der Waals surface area contributed by atoms with Gasteiger partial charge in [0.25, 0.3) is 15.9 Å². The molecule has 0 aliphatic heterocycles. The fourth-order valence-electron chi connectivity index (χ4n) is 2.31. The van der Waals surface area contributed by atoms with E-state index < -0.39 is 10.0 Å². The molecule has 0 aliphatic rings. The van der Waals surface area contributed by atoms with Crippen molar-refractivity contribution in [3.05, 3.63) is 59.7 Å². The van der Waals surface area contributed by atoms with Gasteiger partial charge in [-0.25, -0.2) is 8.42 Å². The zero-order chi connectivity index (χ0) is 19.0. The number of hydrogen-bond acceptors (Lipinski definition) is 4. The third kappa shape index (κ3) is 5.33. The lowest BCUT2D eigenvalue weighted by molar-refractivity contribution is 0.0952. The summed E-state index contributed by atoms with van der Waals surface area (Å²) >= 11 is 0. The van der Waals surface area contributed by atoms with Crippen molar-refractivity contribution in [3.63, 3.8) is 0 Å². The summed E-state index contributed by atoms with van der Waals surface area (Å²) in [5, 5.41) is 11.6. The molecule has 0 unspecified atom stereocenters. The van der Waals surface area contributed by atoms with E-state index in [1.807, 2.05) is 6.07 Å². The molecule has 0 fully saturated rings. The summed E-state index contributed by atoms with van der Waals surface area (Å²) in [6.45, 7) is 2.64. The highest BCUT2D eigenvalue weighted by Gasteiger charge is 2.16. The molecule has 0 heterocycles. The normalized spacial score (nSPS) is 10.8. The van der Waals surface area contributed by atoms with Crippen LogP contribution in [0, 0.1) is 11.3 Å². The van der Waals surface area contributed by atoms with Gasteiger partial charge in [0.15, 0.2) is 0 Å². The van der Waals surface area contributed by atoms with Crippen LogP contribution in [0.2, 0.25) is 0 Å². The first-order valence-electron chi connectivity index (χ1n) is 8.37. The van der Waals surface area contributed by atoms with Gasteiger partial charge in [-0.1, -0.05) is 25.8 Å². The van der Waals surface area contributed by atoms with Gasteiger partial charge >= 0.3 is 0 Å². The molecule has 6 nitrogen and oxygen atoms in total. The van der Waals surface area contributed by atoms with E-state index in [1.165, 1.54) is 42.5 Å². The molecule has 2 aromatic carbocycles. The lowest BCUT2D eigenvalue weighted by Crippen LogP contribution is -2.24. The molecule has 7 heteroatoms. The van der Waals surface area contributed by atoms with Gasteiger partial charge in [0.05, 0.1) is 16.5 Å². The van der Waals surface area contributed by atoms with Gasteiger partial charge in [-0.3, -0.25) is 9.52 Å². The lowest BCUT2D eigenvalue weighted by atomic mass is 10.2. The van der Waals surface area contributed by atoms with Crippen LogP contribution in [-0.2, 0) is 10.0 Å². The largest absolute Gasteiger partial charge is 0.352 e. The molecule has 0 saturated carbocycles. The molecule has 26 heavy (non-hydrogen) atoms. The Bertz CT molecular complexity index is 900. The number of carbonyl (C=O) groups excluding carboxylic acids is 1. The van der Waals surface area contributed by atoms with Crippen molar-refractivity contribution < 1.29 is 13.2 Å². The fraction of sp³-hybridized carbons (Fsp3) is 0.263. The predicted molar refractivity (Wildman–Crippen MR) is 100 cm³/mol. The van der Waals surface area contributed by atoms with Crippen LogP contribution in [0.5, 0.6) is 0 Å². The van der Waals surface area contributed by atoms with Crippen molar-refractivity contribution in [1.82, 2.24) is 5.32 Å². The second kappa shape index (κ2) is 9.02. The van der Waals surface area contributed by atoms with Crippen LogP contribution < -0.4 is 10.0 Å². The minimum absolute atomic E-state index is 0.00284. The summed E-state index contributed by atoms with van der Waals surface area (Å²) in [6.07, 6.45) is 2.98. The number of hydrogen-bond donors (Lipinski definition) is 2. The van der Waals surface area contributed by atoms with E-state index in [0.717, 1.165) is 19.3 Å². The number of nitriles is 1.